The topological polar surface area (TPSA) is 44.4 Å². The van der Waals surface area contributed by atoms with Crippen LogP contribution >= 0.6 is 46.4 Å². The van der Waals surface area contributed by atoms with E-state index in [-0.39, 0.29) is 6.04 Å². The minimum Gasteiger partial charge on any atom is -0.324 e. The highest BCUT2D eigenvalue weighted by Gasteiger charge is 2.26. The lowest BCUT2D eigenvalue weighted by molar-refractivity contribution is -0.114. The Morgan fingerprint density at radius 2 is 1.72 bits per heavy atom. The first-order chi connectivity index (χ1) is 12.0. The molecule has 1 aliphatic heterocycles. The molecular weight excluding hydrogens is 404 g/mol. The highest BCUT2D eigenvalue weighted by atomic mass is 35.5. The van der Waals surface area contributed by atoms with Gasteiger partial charge in [0.15, 0.2) is 4.84 Å². The number of hydrogen-bond donors (Lipinski definition) is 2. The van der Waals surface area contributed by atoms with Crippen LogP contribution in [0.4, 0.5) is 11.4 Å². The molecule has 1 aliphatic rings. The maximum absolute atomic E-state index is 11.5. The van der Waals surface area contributed by atoms with E-state index in [9.17, 15) is 4.79 Å². The van der Waals surface area contributed by atoms with Crippen molar-refractivity contribution in [3.63, 3.8) is 0 Å². The molecule has 0 saturated carbocycles. The Bertz CT molecular complexity index is 788. The highest BCUT2D eigenvalue weighted by molar-refractivity contribution is 6.54. The van der Waals surface area contributed by atoms with E-state index in [1.54, 1.807) is 24.3 Å². The molecule has 1 unspecified atom stereocenters. The first-order valence-corrected chi connectivity index (χ1v) is 8.95. The number of amides is 1. The summed E-state index contributed by atoms with van der Waals surface area (Å²) in [7, 11) is 0. The molecule has 130 valence electrons. The number of carbonyl (C=O) groups excluding carboxylic acids is 1. The molecule has 0 aliphatic carbocycles. The van der Waals surface area contributed by atoms with Crippen LogP contribution in [0, 0.1) is 0 Å². The fraction of sp³-hybridized carbons (Fsp3) is 0.118. The SMILES string of the molecule is O=C(Nc1ccc(N2NC=CC2c2c(Cl)cccc2Cl)cc1)C(Cl)Cl. The van der Waals surface area contributed by atoms with E-state index in [4.69, 9.17) is 46.4 Å². The van der Waals surface area contributed by atoms with Crippen molar-refractivity contribution in [3.8, 4) is 0 Å². The lowest BCUT2D eigenvalue weighted by Crippen LogP contribution is -2.32. The van der Waals surface area contributed by atoms with Crippen LogP contribution in [0.15, 0.2) is 54.7 Å². The Balaban J connectivity index is 1.83. The normalized spacial score (nSPS) is 16.2. The van der Waals surface area contributed by atoms with Gasteiger partial charge in [0.1, 0.15) is 0 Å². The third-order valence-electron chi connectivity index (χ3n) is 3.68. The number of hydrogen-bond acceptors (Lipinski definition) is 3. The van der Waals surface area contributed by atoms with Gasteiger partial charge in [-0.25, -0.2) is 0 Å². The molecule has 1 amide bonds. The summed E-state index contributed by atoms with van der Waals surface area (Å²) in [5, 5.41) is 5.73. The molecule has 1 atom stereocenters. The number of nitrogens with one attached hydrogen (secondary N) is 2. The van der Waals surface area contributed by atoms with E-state index in [1.807, 2.05) is 35.5 Å². The number of nitrogens with zero attached hydrogens (tertiary/aromatic N) is 1. The number of carbonyl (C=O) groups is 1. The molecule has 25 heavy (non-hydrogen) atoms. The summed E-state index contributed by atoms with van der Waals surface area (Å²) < 4.78 is 0. The summed E-state index contributed by atoms with van der Waals surface area (Å²) in [6.45, 7) is 0. The summed E-state index contributed by atoms with van der Waals surface area (Å²) in [6, 6.07) is 12.5. The highest BCUT2D eigenvalue weighted by Crippen LogP contribution is 2.38. The van der Waals surface area contributed by atoms with Crippen molar-refractivity contribution in [2.45, 2.75) is 10.9 Å². The van der Waals surface area contributed by atoms with Crippen molar-refractivity contribution >= 4 is 63.7 Å². The van der Waals surface area contributed by atoms with Crippen LogP contribution in [0.1, 0.15) is 11.6 Å². The second-order valence-electron chi connectivity index (χ2n) is 5.28. The summed E-state index contributed by atoms with van der Waals surface area (Å²) in [6.07, 6.45) is 3.79. The quantitative estimate of drug-likeness (QED) is 0.663. The minimum atomic E-state index is -1.11. The van der Waals surface area contributed by atoms with Gasteiger partial charge in [-0.2, -0.15) is 0 Å². The number of halogens is 4. The third kappa shape index (κ3) is 3.98. The number of benzene rings is 2. The maximum Gasteiger partial charge on any atom is 0.257 e. The first-order valence-electron chi connectivity index (χ1n) is 7.32. The molecule has 1 heterocycles. The molecule has 0 saturated heterocycles. The van der Waals surface area contributed by atoms with Gasteiger partial charge in [0.2, 0.25) is 0 Å². The van der Waals surface area contributed by atoms with Gasteiger partial charge in [0, 0.05) is 27.5 Å². The van der Waals surface area contributed by atoms with Gasteiger partial charge in [0.25, 0.3) is 5.91 Å². The Morgan fingerprint density at radius 1 is 1.08 bits per heavy atom. The van der Waals surface area contributed by atoms with Crippen LogP contribution in [0.5, 0.6) is 0 Å². The van der Waals surface area contributed by atoms with E-state index in [0.717, 1.165) is 11.3 Å². The minimum absolute atomic E-state index is 0.156. The van der Waals surface area contributed by atoms with Crippen molar-refractivity contribution in [2.75, 3.05) is 10.3 Å². The number of alkyl halides is 2. The summed E-state index contributed by atoms with van der Waals surface area (Å²) in [5.74, 6) is -0.474. The molecule has 0 spiro atoms. The van der Waals surface area contributed by atoms with Crippen LogP contribution < -0.4 is 15.8 Å². The van der Waals surface area contributed by atoms with Crippen LogP contribution in [0.2, 0.25) is 10.0 Å². The lowest BCUT2D eigenvalue weighted by Gasteiger charge is -2.28. The predicted molar refractivity (Wildman–Crippen MR) is 105 cm³/mol. The molecule has 0 radical (unpaired) electrons. The van der Waals surface area contributed by atoms with Crippen molar-refractivity contribution in [3.05, 3.63) is 70.3 Å². The summed E-state index contributed by atoms with van der Waals surface area (Å²) in [4.78, 5) is 10.4. The zero-order valence-electron chi connectivity index (χ0n) is 12.7. The van der Waals surface area contributed by atoms with Gasteiger partial charge in [-0.15, -0.1) is 0 Å². The first kappa shape index (κ1) is 18.2. The average Bonchev–Trinajstić information content (AvgIpc) is 3.04. The van der Waals surface area contributed by atoms with Gasteiger partial charge >= 0.3 is 0 Å². The van der Waals surface area contributed by atoms with E-state index in [0.29, 0.717) is 15.7 Å². The van der Waals surface area contributed by atoms with Crippen LogP contribution in [-0.4, -0.2) is 10.7 Å². The molecule has 3 rings (SSSR count). The molecule has 2 aromatic carbocycles. The second-order valence-corrected chi connectivity index (χ2v) is 7.19. The standard InChI is InChI=1S/C17H13Cl4N3O/c18-12-2-1-3-13(19)15(12)14-8-9-22-24(14)11-6-4-10(5-7-11)23-17(25)16(20)21/h1-9,14,16,22H,(H,23,25). The second kappa shape index (κ2) is 7.75. The molecule has 4 nitrogen and oxygen atoms in total. The van der Waals surface area contributed by atoms with Crippen molar-refractivity contribution in [1.29, 1.82) is 0 Å². The fourth-order valence-electron chi connectivity index (χ4n) is 2.54. The van der Waals surface area contributed by atoms with Crippen molar-refractivity contribution in [2.24, 2.45) is 0 Å². The number of rotatable bonds is 4. The zero-order valence-corrected chi connectivity index (χ0v) is 15.7. The average molecular weight is 417 g/mol. The molecule has 0 fully saturated rings. The fourth-order valence-corrected chi connectivity index (χ4v) is 3.27. The molecule has 8 heteroatoms. The van der Waals surface area contributed by atoms with E-state index >= 15 is 0 Å². The summed E-state index contributed by atoms with van der Waals surface area (Å²) in [5.41, 5.74) is 5.45. The summed E-state index contributed by atoms with van der Waals surface area (Å²) >= 11 is 23.7. The Labute approximate surface area is 165 Å². The van der Waals surface area contributed by atoms with Gasteiger partial charge in [-0.3, -0.25) is 9.80 Å². The van der Waals surface area contributed by atoms with E-state index in [1.165, 1.54) is 0 Å². The Kier molecular flexibility index (Phi) is 5.64. The zero-order chi connectivity index (χ0) is 18.0. The van der Waals surface area contributed by atoms with Crippen molar-refractivity contribution in [1.82, 2.24) is 5.43 Å². The number of hydrazine groups is 1. The lowest BCUT2D eigenvalue weighted by atomic mass is 10.1. The Morgan fingerprint density at radius 3 is 2.32 bits per heavy atom. The van der Waals surface area contributed by atoms with Gasteiger partial charge in [0.05, 0.1) is 11.7 Å². The van der Waals surface area contributed by atoms with Crippen LogP contribution in [0.3, 0.4) is 0 Å². The maximum atomic E-state index is 11.5. The van der Waals surface area contributed by atoms with Crippen LogP contribution in [-0.2, 0) is 4.79 Å². The monoisotopic (exact) mass is 415 g/mol. The Hall–Kier alpha value is -1.59. The van der Waals surface area contributed by atoms with E-state index < -0.39 is 10.7 Å². The largest absolute Gasteiger partial charge is 0.324 e. The van der Waals surface area contributed by atoms with Crippen molar-refractivity contribution < 1.29 is 4.79 Å². The van der Waals surface area contributed by atoms with E-state index in [2.05, 4.69) is 10.7 Å². The predicted octanol–water partition coefficient (Wildman–Crippen LogP) is 5.32. The molecule has 2 aromatic rings. The number of anilines is 2. The third-order valence-corrected chi connectivity index (χ3v) is 4.73. The van der Waals surface area contributed by atoms with Crippen LogP contribution in [0.25, 0.3) is 0 Å². The molecule has 0 aromatic heterocycles. The van der Waals surface area contributed by atoms with Gasteiger partial charge in [-0.05, 0) is 42.5 Å². The molecular formula is C17H13Cl4N3O. The van der Waals surface area contributed by atoms with Gasteiger partial charge in [-0.1, -0.05) is 52.5 Å². The smallest absolute Gasteiger partial charge is 0.257 e. The molecule has 2 N–H and O–H groups in total. The molecule has 0 bridgehead atoms. The van der Waals surface area contributed by atoms with Gasteiger partial charge < -0.3 is 10.7 Å².